The highest BCUT2D eigenvalue weighted by Crippen LogP contribution is 2.29. The molecule has 0 aliphatic rings. The first kappa shape index (κ1) is 14.0. The Morgan fingerprint density at radius 1 is 1.24 bits per heavy atom. The van der Waals surface area contributed by atoms with Gasteiger partial charge in [0.15, 0.2) is 0 Å². The number of hydrogen-bond acceptors (Lipinski definition) is 1. The fraction of sp³-hybridized carbons (Fsp3) is 0.500. The Bertz CT molecular complexity index is 375. The van der Waals surface area contributed by atoms with Gasteiger partial charge in [0, 0.05) is 18.0 Å². The van der Waals surface area contributed by atoms with Crippen molar-refractivity contribution in [3.63, 3.8) is 0 Å². The molecule has 0 radical (unpaired) electrons. The SMILES string of the molecule is Cc1cc(C)c(C(N)CCC(F)(F)F)c(F)c1. The summed E-state index contributed by atoms with van der Waals surface area (Å²) in [5.41, 5.74) is 7.12. The van der Waals surface area contributed by atoms with E-state index in [1.165, 1.54) is 6.07 Å². The average molecular weight is 249 g/mol. The first-order valence-corrected chi connectivity index (χ1v) is 5.29. The van der Waals surface area contributed by atoms with Crippen LogP contribution < -0.4 is 5.73 Å². The Labute approximate surface area is 97.6 Å². The van der Waals surface area contributed by atoms with Gasteiger partial charge in [-0.2, -0.15) is 13.2 Å². The molecule has 5 heteroatoms. The molecule has 0 bridgehead atoms. The van der Waals surface area contributed by atoms with Crippen LogP contribution in [-0.2, 0) is 0 Å². The summed E-state index contributed by atoms with van der Waals surface area (Å²) >= 11 is 0. The minimum atomic E-state index is -4.26. The van der Waals surface area contributed by atoms with Crippen LogP contribution in [0.2, 0.25) is 0 Å². The molecule has 2 N–H and O–H groups in total. The van der Waals surface area contributed by atoms with Gasteiger partial charge in [-0.05, 0) is 37.5 Å². The lowest BCUT2D eigenvalue weighted by Crippen LogP contribution is -2.18. The highest BCUT2D eigenvalue weighted by Gasteiger charge is 2.28. The minimum absolute atomic E-state index is 0.180. The van der Waals surface area contributed by atoms with E-state index in [2.05, 4.69) is 0 Å². The molecule has 0 saturated heterocycles. The van der Waals surface area contributed by atoms with E-state index in [1.807, 2.05) is 0 Å². The Morgan fingerprint density at radius 2 is 1.82 bits per heavy atom. The second-order valence-electron chi connectivity index (χ2n) is 4.24. The number of aryl methyl sites for hydroxylation is 2. The second kappa shape index (κ2) is 5.04. The Hall–Kier alpha value is -1.10. The van der Waals surface area contributed by atoms with E-state index >= 15 is 0 Å². The van der Waals surface area contributed by atoms with Crippen molar-refractivity contribution < 1.29 is 17.6 Å². The molecule has 96 valence electrons. The number of nitrogens with two attached hydrogens (primary N) is 1. The van der Waals surface area contributed by atoms with Gasteiger partial charge in [0.1, 0.15) is 5.82 Å². The average Bonchev–Trinajstić information content (AvgIpc) is 2.11. The lowest BCUT2D eigenvalue weighted by Gasteiger charge is -2.17. The summed E-state index contributed by atoms with van der Waals surface area (Å²) < 4.78 is 49.8. The van der Waals surface area contributed by atoms with E-state index < -0.39 is 24.5 Å². The molecule has 0 heterocycles. The zero-order chi connectivity index (χ0) is 13.2. The molecule has 1 rings (SSSR count). The Kier molecular flexibility index (Phi) is 4.14. The van der Waals surface area contributed by atoms with Gasteiger partial charge in [-0.25, -0.2) is 4.39 Å². The van der Waals surface area contributed by atoms with E-state index in [9.17, 15) is 17.6 Å². The fourth-order valence-corrected chi connectivity index (χ4v) is 1.86. The summed E-state index contributed by atoms with van der Waals surface area (Å²) in [7, 11) is 0. The summed E-state index contributed by atoms with van der Waals surface area (Å²) in [5.74, 6) is -0.530. The molecule has 1 atom stereocenters. The van der Waals surface area contributed by atoms with Crippen LogP contribution in [0.15, 0.2) is 12.1 Å². The molecule has 0 fully saturated rings. The molecule has 1 nitrogen and oxygen atoms in total. The summed E-state index contributed by atoms with van der Waals surface area (Å²) in [5, 5.41) is 0. The van der Waals surface area contributed by atoms with Gasteiger partial charge in [-0.3, -0.25) is 0 Å². The zero-order valence-electron chi connectivity index (χ0n) is 9.74. The van der Waals surface area contributed by atoms with E-state index in [0.717, 1.165) is 5.56 Å². The third-order valence-corrected chi connectivity index (χ3v) is 2.59. The highest BCUT2D eigenvalue weighted by molar-refractivity contribution is 5.34. The van der Waals surface area contributed by atoms with Crippen LogP contribution in [0.25, 0.3) is 0 Å². The molecule has 0 spiro atoms. The summed E-state index contributed by atoms with van der Waals surface area (Å²) in [6.07, 6.45) is -5.56. The lowest BCUT2D eigenvalue weighted by atomic mass is 9.96. The van der Waals surface area contributed by atoms with E-state index in [4.69, 9.17) is 5.73 Å². The van der Waals surface area contributed by atoms with Crippen LogP contribution in [0.3, 0.4) is 0 Å². The quantitative estimate of drug-likeness (QED) is 0.810. The maximum atomic E-state index is 13.6. The maximum Gasteiger partial charge on any atom is 0.389 e. The van der Waals surface area contributed by atoms with Gasteiger partial charge in [-0.15, -0.1) is 0 Å². The van der Waals surface area contributed by atoms with Crippen molar-refractivity contribution in [3.8, 4) is 0 Å². The lowest BCUT2D eigenvalue weighted by molar-refractivity contribution is -0.136. The third-order valence-electron chi connectivity index (χ3n) is 2.59. The van der Waals surface area contributed by atoms with Crippen LogP contribution in [0, 0.1) is 19.7 Å². The smallest absolute Gasteiger partial charge is 0.324 e. The topological polar surface area (TPSA) is 26.0 Å². The summed E-state index contributed by atoms with van der Waals surface area (Å²) in [6, 6.07) is 2.08. The molecule has 0 aliphatic heterocycles. The predicted molar refractivity (Wildman–Crippen MR) is 58.1 cm³/mol. The van der Waals surface area contributed by atoms with Crippen LogP contribution in [0.5, 0.6) is 0 Å². The molecule has 0 amide bonds. The fourth-order valence-electron chi connectivity index (χ4n) is 1.86. The maximum absolute atomic E-state index is 13.6. The third kappa shape index (κ3) is 4.00. The number of rotatable bonds is 3. The second-order valence-corrected chi connectivity index (χ2v) is 4.24. The largest absolute Gasteiger partial charge is 0.389 e. The molecular formula is C12H15F4N. The van der Waals surface area contributed by atoms with E-state index in [0.29, 0.717) is 5.56 Å². The van der Waals surface area contributed by atoms with Gasteiger partial charge >= 0.3 is 6.18 Å². The number of halogens is 4. The van der Waals surface area contributed by atoms with Crippen LogP contribution >= 0.6 is 0 Å². The van der Waals surface area contributed by atoms with Crippen molar-refractivity contribution in [2.75, 3.05) is 0 Å². The Morgan fingerprint density at radius 3 is 2.29 bits per heavy atom. The van der Waals surface area contributed by atoms with Crippen LogP contribution in [0.4, 0.5) is 17.6 Å². The van der Waals surface area contributed by atoms with Crippen molar-refractivity contribution in [1.82, 2.24) is 0 Å². The van der Waals surface area contributed by atoms with Crippen LogP contribution in [0.1, 0.15) is 35.6 Å². The van der Waals surface area contributed by atoms with Gasteiger partial charge in [0.2, 0.25) is 0 Å². The molecule has 0 aromatic heterocycles. The number of benzene rings is 1. The van der Waals surface area contributed by atoms with Gasteiger partial charge in [-0.1, -0.05) is 6.07 Å². The monoisotopic (exact) mass is 249 g/mol. The molecule has 0 aliphatic carbocycles. The molecular weight excluding hydrogens is 234 g/mol. The predicted octanol–water partition coefficient (Wildman–Crippen LogP) is 3.78. The number of hydrogen-bond donors (Lipinski definition) is 1. The molecule has 1 unspecified atom stereocenters. The summed E-state index contributed by atoms with van der Waals surface area (Å²) in [4.78, 5) is 0. The van der Waals surface area contributed by atoms with Crippen molar-refractivity contribution in [3.05, 3.63) is 34.6 Å². The molecule has 1 aromatic carbocycles. The highest BCUT2D eigenvalue weighted by atomic mass is 19.4. The van der Waals surface area contributed by atoms with E-state index in [1.54, 1.807) is 19.9 Å². The van der Waals surface area contributed by atoms with Crippen molar-refractivity contribution >= 4 is 0 Å². The molecule has 1 aromatic rings. The standard InChI is InChI=1S/C12H15F4N/c1-7-5-8(2)11(9(13)6-7)10(17)3-4-12(14,15)16/h5-6,10H,3-4,17H2,1-2H3. The summed E-state index contributed by atoms with van der Waals surface area (Å²) in [6.45, 7) is 3.37. The minimum Gasteiger partial charge on any atom is -0.324 e. The van der Waals surface area contributed by atoms with Crippen molar-refractivity contribution in [2.45, 2.75) is 38.9 Å². The normalized spacial score (nSPS) is 13.8. The Balaban J connectivity index is 2.86. The molecule has 17 heavy (non-hydrogen) atoms. The first-order chi connectivity index (χ1) is 7.70. The van der Waals surface area contributed by atoms with E-state index in [-0.39, 0.29) is 12.0 Å². The van der Waals surface area contributed by atoms with Gasteiger partial charge in [0.25, 0.3) is 0 Å². The first-order valence-electron chi connectivity index (χ1n) is 5.29. The zero-order valence-corrected chi connectivity index (χ0v) is 9.74. The molecule has 0 saturated carbocycles. The number of alkyl halides is 3. The van der Waals surface area contributed by atoms with Crippen LogP contribution in [-0.4, -0.2) is 6.18 Å². The van der Waals surface area contributed by atoms with Gasteiger partial charge in [0.05, 0.1) is 0 Å². The van der Waals surface area contributed by atoms with Gasteiger partial charge < -0.3 is 5.73 Å². The van der Waals surface area contributed by atoms with Crippen molar-refractivity contribution in [1.29, 1.82) is 0 Å². The van der Waals surface area contributed by atoms with Crippen molar-refractivity contribution in [2.24, 2.45) is 5.73 Å².